The van der Waals surface area contributed by atoms with Crippen molar-refractivity contribution in [3.63, 3.8) is 0 Å². The quantitative estimate of drug-likeness (QED) is 0.587. The lowest BCUT2D eigenvalue weighted by Crippen LogP contribution is -2.24. The predicted molar refractivity (Wildman–Crippen MR) is 87.5 cm³/mol. The van der Waals surface area contributed by atoms with Crippen LogP contribution in [0.5, 0.6) is 11.5 Å². The maximum Gasteiger partial charge on any atom is 0.312 e. The van der Waals surface area contributed by atoms with Gasteiger partial charge < -0.3 is 14.6 Å². The fraction of sp³-hybridized carbons (Fsp3) is 0.438. The number of benzene rings is 1. The Morgan fingerprint density at radius 1 is 1.25 bits per heavy atom. The Hall–Kier alpha value is -2.61. The standard InChI is InChI=1S/C16H21N3O5/c1-4-23-14-5-7-15(8-6-14)24-10-13(20)9-18-12(3)16(19(21)22)11(2)17-18/h5-8,13,20H,4,9-10H2,1-3H3. The van der Waals surface area contributed by atoms with Crippen LogP contribution < -0.4 is 9.47 Å². The van der Waals surface area contributed by atoms with Gasteiger partial charge in [0.25, 0.3) is 0 Å². The van der Waals surface area contributed by atoms with Gasteiger partial charge in [-0.1, -0.05) is 0 Å². The van der Waals surface area contributed by atoms with Crippen molar-refractivity contribution >= 4 is 5.69 Å². The van der Waals surface area contributed by atoms with Crippen LogP contribution in [0.3, 0.4) is 0 Å². The maximum atomic E-state index is 11.0. The molecule has 0 radical (unpaired) electrons. The molecule has 0 amide bonds. The minimum atomic E-state index is -0.839. The Morgan fingerprint density at radius 3 is 2.33 bits per heavy atom. The summed E-state index contributed by atoms with van der Waals surface area (Å²) in [5.41, 5.74) is 0.726. The second-order valence-corrected chi connectivity index (χ2v) is 5.33. The van der Waals surface area contributed by atoms with Gasteiger partial charge >= 0.3 is 5.69 Å². The van der Waals surface area contributed by atoms with Crippen LogP contribution in [0.1, 0.15) is 18.3 Å². The third kappa shape index (κ3) is 4.23. The molecule has 0 saturated carbocycles. The number of hydrogen-bond acceptors (Lipinski definition) is 6. The zero-order valence-corrected chi connectivity index (χ0v) is 13.9. The highest BCUT2D eigenvalue weighted by atomic mass is 16.6. The fourth-order valence-corrected chi connectivity index (χ4v) is 2.37. The lowest BCUT2D eigenvalue weighted by Gasteiger charge is -2.13. The zero-order chi connectivity index (χ0) is 17.7. The van der Waals surface area contributed by atoms with E-state index in [1.807, 2.05) is 6.92 Å². The average molecular weight is 335 g/mol. The van der Waals surface area contributed by atoms with E-state index in [9.17, 15) is 15.2 Å². The Kier molecular flexibility index (Phi) is 5.75. The summed E-state index contributed by atoms with van der Waals surface area (Å²) in [5.74, 6) is 1.36. The first kappa shape index (κ1) is 17.7. The summed E-state index contributed by atoms with van der Waals surface area (Å²) < 4.78 is 12.3. The average Bonchev–Trinajstić information content (AvgIpc) is 2.81. The van der Waals surface area contributed by atoms with Gasteiger partial charge in [0.2, 0.25) is 0 Å². The molecule has 2 rings (SSSR count). The second kappa shape index (κ2) is 7.78. The Labute approximate surface area is 139 Å². The molecular formula is C16H21N3O5. The molecule has 1 aromatic carbocycles. The topological polar surface area (TPSA) is 99.7 Å². The molecule has 1 N–H and O–H groups in total. The van der Waals surface area contributed by atoms with E-state index in [2.05, 4.69) is 5.10 Å². The number of aromatic nitrogens is 2. The third-order valence-corrected chi connectivity index (χ3v) is 3.49. The van der Waals surface area contributed by atoms with Crippen LogP contribution in [-0.4, -0.2) is 39.1 Å². The van der Waals surface area contributed by atoms with E-state index in [-0.39, 0.29) is 18.8 Å². The first-order chi connectivity index (χ1) is 11.4. The number of nitro groups is 1. The van der Waals surface area contributed by atoms with Gasteiger partial charge in [-0.25, -0.2) is 0 Å². The minimum Gasteiger partial charge on any atom is -0.494 e. The second-order valence-electron chi connectivity index (χ2n) is 5.33. The first-order valence-electron chi connectivity index (χ1n) is 7.64. The monoisotopic (exact) mass is 335 g/mol. The summed E-state index contributed by atoms with van der Waals surface area (Å²) in [6.07, 6.45) is -0.839. The third-order valence-electron chi connectivity index (χ3n) is 3.49. The van der Waals surface area contributed by atoms with Crippen LogP contribution in [-0.2, 0) is 6.54 Å². The Balaban J connectivity index is 1.93. The van der Waals surface area contributed by atoms with Crippen LogP contribution in [0, 0.1) is 24.0 Å². The molecule has 0 spiro atoms. The normalized spacial score (nSPS) is 12.0. The van der Waals surface area contributed by atoms with E-state index in [4.69, 9.17) is 9.47 Å². The Bertz CT molecular complexity index is 696. The highest BCUT2D eigenvalue weighted by Gasteiger charge is 2.22. The van der Waals surface area contributed by atoms with E-state index in [1.165, 1.54) is 4.68 Å². The SMILES string of the molecule is CCOc1ccc(OCC(O)Cn2nc(C)c([N+](=O)[O-])c2C)cc1. The predicted octanol–water partition coefficient (Wildman–Crippen LogP) is 2.25. The minimum absolute atomic E-state index is 0.0189. The lowest BCUT2D eigenvalue weighted by molar-refractivity contribution is -0.386. The number of nitrogens with zero attached hydrogens (tertiary/aromatic N) is 3. The van der Waals surface area contributed by atoms with Crippen LogP contribution in [0.2, 0.25) is 0 Å². The van der Waals surface area contributed by atoms with Gasteiger partial charge in [-0.15, -0.1) is 0 Å². The van der Waals surface area contributed by atoms with E-state index in [0.717, 1.165) is 5.75 Å². The van der Waals surface area contributed by atoms with Crippen molar-refractivity contribution in [2.75, 3.05) is 13.2 Å². The lowest BCUT2D eigenvalue weighted by atomic mass is 10.3. The van der Waals surface area contributed by atoms with E-state index in [1.54, 1.807) is 38.1 Å². The van der Waals surface area contributed by atoms with E-state index in [0.29, 0.717) is 23.7 Å². The molecule has 1 unspecified atom stereocenters. The number of rotatable bonds is 8. The van der Waals surface area contributed by atoms with Crippen molar-refractivity contribution in [3.8, 4) is 11.5 Å². The van der Waals surface area contributed by atoms with Crippen molar-refractivity contribution in [1.29, 1.82) is 0 Å². The van der Waals surface area contributed by atoms with Gasteiger partial charge in [0.05, 0.1) is 18.1 Å². The maximum absolute atomic E-state index is 11.0. The van der Waals surface area contributed by atoms with Crippen molar-refractivity contribution < 1.29 is 19.5 Å². The molecule has 0 fully saturated rings. The van der Waals surface area contributed by atoms with Crippen molar-refractivity contribution in [2.45, 2.75) is 33.4 Å². The molecule has 0 saturated heterocycles. The summed E-state index contributed by atoms with van der Waals surface area (Å²) in [7, 11) is 0. The van der Waals surface area contributed by atoms with Gasteiger partial charge in [0.15, 0.2) is 0 Å². The highest BCUT2D eigenvalue weighted by molar-refractivity contribution is 5.39. The van der Waals surface area contributed by atoms with Gasteiger partial charge in [-0.2, -0.15) is 5.10 Å². The molecule has 8 nitrogen and oxygen atoms in total. The van der Waals surface area contributed by atoms with E-state index >= 15 is 0 Å². The number of ether oxygens (including phenoxy) is 2. The molecule has 1 atom stereocenters. The number of aliphatic hydroxyl groups is 1. The van der Waals surface area contributed by atoms with Gasteiger partial charge in [-0.3, -0.25) is 14.8 Å². The van der Waals surface area contributed by atoms with Crippen molar-refractivity contribution in [1.82, 2.24) is 9.78 Å². The number of aliphatic hydroxyl groups excluding tert-OH is 1. The molecule has 0 aliphatic carbocycles. The van der Waals surface area contributed by atoms with Gasteiger partial charge in [0, 0.05) is 0 Å². The number of hydrogen-bond donors (Lipinski definition) is 1. The Morgan fingerprint density at radius 2 is 1.83 bits per heavy atom. The molecule has 130 valence electrons. The molecule has 1 aromatic heterocycles. The smallest absolute Gasteiger partial charge is 0.312 e. The summed E-state index contributed by atoms with van der Waals surface area (Å²) >= 11 is 0. The summed E-state index contributed by atoms with van der Waals surface area (Å²) in [5, 5.41) is 25.2. The highest BCUT2D eigenvalue weighted by Crippen LogP contribution is 2.22. The molecule has 0 bridgehead atoms. The molecule has 1 heterocycles. The summed E-state index contributed by atoms with van der Waals surface area (Å²) in [6, 6.07) is 7.09. The van der Waals surface area contributed by atoms with Gasteiger partial charge in [0.1, 0.15) is 35.6 Å². The molecule has 0 aliphatic heterocycles. The van der Waals surface area contributed by atoms with Crippen molar-refractivity contribution in [2.24, 2.45) is 0 Å². The summed E-state index contributed by atoms with van der Waals surface area (Å²) in [6.45, 7) is 5.86. The number of aryl methyl sites for hydroxylation is 1. The first-order valence-corrected chi connectivity index (χ1v) is 7.64. The summed E-state index contributed by atoms with van der Waals surface area (Å²) in [4.78, 5) is 10.5. The molecule has 2 aromatic rings. The van der Waals surface area contributed by atoms with Crippen LogP contribution >= 0.6 is 0 Å². The van der Waals surface area contributed by atoms with E-state index < -0.39 is 11.0 Å². The largest absolute Gasteiger partial charge is 0.494 e. The zero-order valence-electron chi connectivity index (χ0n) is 13.9. The molecule has 8 heteroatoms. The van der Waals surface area contributed by atoms with Crippen LogP contribution in [0.15, 0.2) is 24.3 Å². The molecular weight excluding hydrogens is 314 g/mol. The molecule has 24 heavy (non-hydrogen) atoms. The van der Waals surface area contributed by atoms with Crippen LogP contribution in [0.25, 0.3) is 0 Å². The van der Waals surface area contributed by atoms with Crippen molar-refractivity contribution in [3.05, 3.63) is 45.8 Å². The van der Waals surface area contributed by atoms with Crippen LogP contribution in [0.4, 0.5) is 5.69 Å². The van der Waals surface area contributed by atoms with Gasteiger partial charge in [-0.05, 0) is 45.0 Å². The fourth-order valence-electron chi connectivity index (χ4n) is 2.37. The molecule has 0 aliphatic rings.